The van der Waals surface area contributed by atoms with Crippen molar-refractivity contribution in [1.82, 2.24) is 5.32 Å². The minimum Gasteiger partial charge on any atom is -0.507 e. The number of aromatic hydroxyl groups is 5. The molecule has 0 radical (unpaired) electrons. The van der Waals surface area contributed by atoms with Crippen LogP contribution in [0.3, 0.4) is 0 Å². The first-order chi connectivity index (χ1) is 20.8. The molecule has 0 amide bonds. The average Bonchev–Trinajstić information content (AvgIpc) is 3.02. The molecule has 0 aromatic heterocycles. The number of phenols is 5. The van der Waals surface area contributed by atoms with Crippen LogP contribution in [0.5, 0.6) is 28.7 Å². The molecule has 1 fully saturated rings. The Kier molecular flexibility index (Phi) is 9.72. The third-order valence-electron chi connectivity index (χ3n) is 8.18. The first-order valence-electron chi connectivity index (χ1n) is 14.8. The number of aliphatic hydroxyl groups is 1. The molecule has 2 atom stereocenters. The van der Waals surface area contributed by atoms with Gasteiger partial charge in [0, 0.05) is 31.4 Å². The van der Waals surface area contributed by atoms with E-state index in [0.29, 0.717) is 41.0 Å². The second kappa shape index (κ2) is 13.8. The van der Waals surface area contributed by atoms with Crippen LogP contribution in [-0.2, 0) is 24.1 Å². The number of aryl methyl sites for hydroxylation is 1. The van der Waals surface area contributed by atoms with Gasteiger partial charge in [0.05, 0.1) is 11.5 Å². The number of ether oxygens (including phenoxy) is 1. The molecule has 0 saturated carbocycles. The van der Waals surface area contributed by atoms with Crippen LogP contribution in [-0.4, -0.2) is 56.0 Å². The lowest BCUT2D eigenvalue weighted by Gasteiger charge is -2.30. The molecule has 226 valence electrons. The van der Waals surface area contributed by atoms with Gasteiger partial charge in [-0.3, -0.25) is 0 Å². The maximum absolute atomic E-state index is 11.1. The number of nitrogens with one attached hydrogen (secondary N) is 1. The molecule has 0 aliphatic carbocycles. The van der Waals surface area contributed by atoms with Crippen LogP contribution in [0, 0.1) is 0 Å². The van der Waals surface area contributed by atoms with Crippen molar-refractivity contribution in [2.75, 3.05) is 13.2 Å². The van der Waals surface area contributed by atoms with E-state index in [1.165, 1.54) is 23.8 Å². The van der Waals surface area contributed by atoms with E-state index in [9.17, 15) is 25.5 Å². The van der Waals surface area contributed by atoms with E-state index in [1.807, 2.05) is 0 Å². The van der Waals surface area contributed by atoms with E-state index < -0.39 is 0 Å². The summed E-state index contributed by atoms with van der Waals surface area (Å²) >= 11 is 0. The van der Waals surface area contributed by atoms with Gasteiger partial charge < -0.3 is 40.7 Å². The van der Waals surface area contributed by atoms with Crippen LogP contribution in [0.2, 0.25) is 0 Å². The van der Waals surface area contributed by atoms with E-state index in [4.69, 9.17) is 9.84 Å². The summed E-state index contributed by atoms with van der Waals surface area (Å²) in [6.45, 7) is 1.68. The van der Waals surface area contributed by atoms with Gasteiger partial charge in [0.1, 0.15) is 5.75 Å². The molecule has 1 aliphatic heterocycles. The molecule has 8 nitrogen and oxygen atoms in total. The Balaban J connectivity index is 1.32. The molecular formula is C35H39NO7. The van der Waals surface area contributed by atoms with E-state index >= 15 is 0 Å². The minimum absolute atomic E-state index is 0.139. The summed E-state index contributed by atoms with van der Waals surface area (Å²) in [5, 5.41) is 65.4. The second-order valence-corrected chi connectivity index (χ2v) is 11.1. The number of aliphatic hydroxyl groups excluding tert-OH is 1. The van der Waals surface area contributed by atoms with Gasteiger partial charge in [-0.25, -0.2) is 0 Å². The summed E-state index contributed by atoms with van der Waals surface area (Å²) in [4.78, 5) is 0. The topological polar surface area (TPSA) is 143 Å². The predicted molar refractivity (Wildman–Crippen MR) is 167 cm³/mol. The highest BCUT2D eigenvalue weighted by Crippen LogP contribution is 2.45. The fraction of sp³-hybridized carbons (Fsp3) is 0.314. The first-order valence-corrected chi connectivity index (χ1v) is 14.8. The van der Waals surface area contributed by atoms with Crippen molar-refractivity contribution in [3.8, 4) is 28.7 Å². The van der Waals surface area contributed by atoms with Gasteiger partial charge in [0.2, 0.25) is 0 Å². The van der Waals surface area contributed by atoms with E-state index in [-0.39, 0.29) is 46.8 Å². The van der Waals surface area contributed by atoms with Crippen LogP contribution in [0.15, 0.2) is 60.7 Å². The summed E-state index contributed by atoms with van der Waals surface area (Å²) < 4.78 is 5.82. The molecule has 43 heavy (non-hydrogen) atoms. The van der Waals surface area contributed by atoms with E-state index in [2.05, 4.69) is 29.6 Å². The summed E-state index contributed by atoms with van der Waals surface area (Å²) in [5.74, 6) is -1.25. The van der Waals surface area contributed by atoms with Gasteiger partial charge in [-0.1, -0.05) is 54.6 Å². The minimum atomic E-state index is -0.365. The van der Waals surface area contributed by atoms with E-state index in [1.54, 1.807) is 30.4 Å². The Labute approximate surface area is 251 Å². The Hall–Kier alpha value is -4.24. The summed E-state index contributed by atoms with van der Waals surface area (Å²) in [6.07, 6.45) is 8.32. The Morgan fingerprint density at radius 1 is 0.814 bits per heavy atom. The molecule has 1 aliphatic rings. The van der Waals surface area contributed by atoms with Crippen LogP contribution in [0.1, 0.15) is 53.5 Å². The number of phenolic OH excluding ortho intramolecular Hbond substituents is 5. The predicted octanol–water partition coefficient (Wildman–Crippen LogP) is 5.73. The van der Waals surface area contributed by atoms with Crippen molar-refractivity contribution in [3.63, 3.8) is 0 Å². The monoisotopic (exact) mass is 585 g/mol. The molecule has 7 N–H and O–H groups in total. The van der Waals surface area contributed by atoms with E-state index in [0.717, 1.165) is 44.4 Å². The first kappa shape index (κ1) is 30.2. The van der Waals surface area contributed by atoms with Gasteiger partial charge in [0.25, 0.3) is 0 Å². The molecule has 0 spiro atoms. The van der Waals surface area contributed by atoms with Crippen molar-refractivity contribution in [3.05, 3.63) is 88.5 Å². The summed E-state index contributed by atoms with van der Waals surface area (Å²) in [6, 6.07) is 18.1. The Morgan fingerprint density at radius 3 is 2.37 bits per heavy atom. The molecule has 8 heteroatoms. The van der Waals surface area contributed by atoms with Crippen molar-refractivity contribution >= 4 is 22.9 Å². The normalized spacial score (nSPS) is 17.1. The van der Waals surface area contributed by atoms with Crippen LogP contribution >= 0.6 is 0 Å². The Bertz CT molecular complexity index is 1580. The number of hydrogen-bond donors (Lipinski definition) is 7. The largest absolute Gasteiger partial charge is 0.507 e. The van der Waals surface area contributed by atoms with Gasteiger partial charge in [-0.15, -0.1) is 0 Å². The lowest BCUT2D eigenvalue weighted by molar-refractivity contribution is -0.00622. The fourth-order valence-corrected chi connectivity index (χ4v) is 5.77. The lowest BCUT2D eigenvalue weighted by Crippen LogP contribution is -2.38. The zero-order chi connectivity index (χ0) is 30.3. The number of fused-ring (bicyclic) bond motifs is 1. The highest BCUT2D eigenvalue weighted by molar-refractivity contribution is 6.03. The third kappa shape index (κ3) is 7.22. The van der Waals surface area contributed by atoms with Crippen LogP contribution in [0.25, 0.3) is 22.9 Å². The van der Waals surface area contributed by atoms with Gasteiger partial charge >= 0.3 is 0 Å². The highest BCUT2D eigenvalue weighted by Gasteiger charge is 2.22. The number of benzene rings is 4. The maximum atomic E-state index is 11.1. The second-order valence-electron chi connectivity index (χ2n) is 11.1. The Morgan fingerprint density at radius 2 is 1.60 bits per heavy atom. The maximum Gasteiger partial charge on any atom is 0.169 e. The van der Waals surface area contributed by atoms with Gasteiger partial charge in [-0.2, -0.15) is 0 Å². The molecule has 5 rings (SSSR count). The standard InChI is InChI=1S/C35H39NO7/c37-17-2-3-26-20-25(16-18-43-26)36-21-24-8-6-22(7-9-24)10-14-29-27(13-11-23-12-15-30(38)32(40)19-23)28-4-1-5-31(39)33(28)35(42)34(29)41/h1,4-9,11-13,15,19,25-26,36-42H,2-3,10,14,16-18,20-21H2/t25-,26+/m0/s1. The molecular weight excluding hydrogens is 546 g/mol. The molecule has 0 unspecified atom stereocenters. The third-order valence-corrected chi connectivity index (χ3v) is 8.18. The highest BCUT2D eigenvalue weighted by atomic mass is 16.5. The SMILES string of the molecule is OCCC[C@@H]1C[C@@H](NCc2ccc(CCc3c(O)c(O)c4c(O)cccc4c3C=Cc3ccc(O)c(O)c3)cc2)CCO1. The molecule has 1 heterocycles. The van der Waals surface area contributed by atoms with Crippen molar-refractivity contribution in [2.45, 2.75) is 57.2 Å². The zero-order valence-corrected chi connectivity index (χ0v) is 24.0. The molecule has 4 aromatic rings. The molecule has 0 bridgehead atoms. The quantitative estimate of drug-likeness (QED) is 0.0874. The summed E-state index contributed by atoms with van der Waals surface area (Å²) in [5.41, 5.74) is 4.06. The summed E-state index contributed by atoms with van der Waals surface area (Å²) in [7, 11) is 0. The molecule has 1 saturated heterocycles. The van der Waals surface area contributed by atoms with Crippen LogP contribution < -0.4 is 5.32 Å². The van der Waals surface area contributed by atoms with Crippen molar-refractivity contribution in [1.29, 1.82) is 0 Å². The van der Waals surface area contributed by atoms with Crippen LogP contribution in [0.4, 0.5) is 0 Å². The number of hydrogen-bond acceptors (Lipinski definition) is 8. The fourth-order valence-electron chi connectivity index (χ4n) is 5.77. The van der Waals surface area contributed by atoms with Gasteiger partial charge in [-0.05, 0) is 84.4 Å². The van der Waals surface area contributed by atoms with Gasteiger partial charge in [0.15, 0.2) is 23.0 Å². The van der Waals surface area contributed by atoms with Crippen molar-refractivity contribution in [2.24, 2.45) is 0 Å². The average molecular weight is 586 g/mol. The lowest BCUT2D eigenvalue weighted by atomic mass is 9.91. The van der Waals surface area contributed by atoms with Crippen molar-refractivity contribution < 1.29 is 35.4 Å². The molecule has 4 aromatic carbocycles. The zero-order valence-electron chi connectivity index (χ0n) is 24.0. The number of rotatable bonds is 11. The smallest absolute Gasteiger partial charge is 0.169 e.